The summed E-state index contributed by atoms with van der Waals surface area (Å²) in [7, 11) is 0. The third-order valence-electron chi connectivity index (χ3n) is 4.32. The molecule has 1 nitrogen and oxygen atoms in total. The van der Waals surface area contributed by atoms with Crippen molar-refractivity contribution in [2.45, 2.75) is 45.6 Å². The van der Waals surface area contributed by atoms with Crippen LogP contribution in [0, 0.1) is 6.92 Å². The van der Waals surface area contributed by atoms with Gasteiger partial charge in [-0.2, -0.15) is 11.3 Å². The second-order valence-corrected chi connectivity index (χ2v) is 6.52. The zero-order valence-electron chi connectivity index (χ0n) is 12.4. The molecule has 2 aromatic rings. The van der Waals surface area contributed by atoms with E-state index in [2.05, 4.69) is 48.1 Å². The lowest BCUT2D eigenvalue weighted by Crippen LogP contribution is -2.23. The molecular formula is C18H23NS. The molecule has 1 aliphatic rings. The SMILES string of the molecule is CCNC(Cc1ccc2c(c1)CCC2)c1cscc1C. The molecule has 0 amide bonds. The van der Waals surface area contributed by atoms with Crippen LogP contribution in [0.5, 0.6) is 0 Å². The first-order valence-corrected chi connectivity index (χ1v) is 8.59. The lowest BCUT2D eigenvalue weighted by molar-refractivity contribution is 0.549. The number of aryl methyl sites for hydroxylation is 3. The first kappa shape index (κ1) is 13.8. The van der Waals surface area contributed by atoms with E-state index in [1.807, 2.05) is 11.3 Å². The topological polar surface area (TPSA) is 12.0 Å². The Morgan fingerprint density at radius 1 is 1.20 bits per heavy atom. The molecular weight excluding hydrogens is 262 g/mol. The zero-order chi connectivity index (χ0) is 13.9. The predicted octanol–water partition coefficient (Wildman–Crippen LogP) is 4.44. The summed E-state index contributed by atoms with van der Waals surface area (Å²) in [5, 5.41) is 8.20. The van der Waals surface area contributed by atoms with Gasteiger partial charge in [0.15, 0.2) is 0 Å². The average Bonchev–Trinajstić information content (AvgIpc) is 3.06. The van der Waals surface area contributed by atoms with Crippen molar-refractivity contribution in [1.82, 2.24) is 5.32 Å². The largest absolute Gasteiger partial charge is 0.310 e. The summed E-state index contributed by atoms with van der Waals surface area (Å²) in [4.78, 5) is 0. The summed E-state index contributed by atoms with van der Waals surface area (Å²) in [5.41, 5.74) is 7.52. The second-order valence-electron chi connectivity index (χ2n) is 5.78. The van der Waals surface area contributed by atoms with E-state index < -0.39 is 0 Å². The Bertz CT molecular complexity index is 585. The molecule has 3 rings (SSSR count). The Labute approximate surface area is 126 Å². The van der Waals surface area contributed by atoms with Crippen LogP contribution in [0.4, 0.5) is 0 Å². The molecule has 0 fully saturated rings. The highest BCUT2D eigenvalue weighted by Gasteiger charge is 2.16. The number of benzene rings is 1. The van der Waals surface area contributed by atoms with E-state index in [9.17, 15) is 0 Å². The zero-order valence-corrected chi connectivity index (χ0v) is 13.2. The lowest BCUT2D eigenvalue weighted by atomic mass is 9.96. The van der Waals surface area contributed by atoms with Gasteiger partial charge in [0, 0.05) is 6.04 Å². The molecule has 0 radical (unpaired) electrons. The van der Waals surface area contributed by atoms with E-state index in [0.717, 1.165) is 13.0 Å². The molecule has 1 heterocycles. The smallest absolute Gasteiger partial charge is 0.0371 e. The fourth-order valence-corrected chi connectivity index (χ4v) is 4.16. The van der Waals surface area contributed by atoms with Gasteiger partial charge in [0.25, 0.3) is 0 Å². The van der Waals surface area contributed by atoms with Gasteiger partial charge in [0.2, 0.25) is 0 Å². The third kappa shape index (κ3) is 2.82. The molecule has 106 valence electrons. The maximum Gasteiger partial charge on any atom is 0.0371 e. The van der Waals surface area contributed by atoms with Crippen LogP contribution in [0.3, 0.4) is 0 Å². The normalized spacial score (nSPS) is 15.3. The molecule has 1 aromatic carbocycles. The number of hydrogen-bond acceptors (Lipinski definition) is 2. The van der Waals surface area contributed by atoms with Crippen LogP contribution in [0.25, 0.3) is 0 Å². The third-order valence-corrected chi connectivity index (χ3v) is 5.20. The highest BCUT2D eigenvalue weighted by molar-refractivity contribution is 7.08. The molecule has 20 heavy (non-hydrogen) atoms. The van der Waals surface area contributed by atoms with E-state index in [1.54, 1.807) is 11.1 Å². The van der Waals surface area contributed by atoms with Crippen LogP contribution < -0.4 is 5.32 Å². The Morgan fingerprint density at radius 3 is 2.80 bits per heavy atom. The maximum absolute atomic E-state index is 3.65. The summed E-state index contributed by atoms with van der Waals surface area (Å²) in [6.45, 7) is 5.43. The highest BCUT2D eigenvalue weighted by Crippen LogP contribution is 2.28. The van der Waals surface area contributed by atoms with Gasteiger partial charge in [0.05, 0.1) is 0 Å². The molecule has 0 aliphatic heterocycles. The van der Waals surface area contributed by atoms with Gasteiger partial charge in [-0.25, -0.2) is 0 Å². The number of nitrogens with one attached hydrogen (secondary N) is 1. The van der Waals surface area contributed by atoms with Gasteiger partial charge in [-0.3, -0.25) is 0 Å². The van der Waals surface area contributed by atoms with Crippen LogP contribution in [0.2, 0.25) is 0 Å². The highest BCUT2D eigenvalue weighted by atomic mass is 32.1. The van der Waals surface area contributed by atoms with Gasteiger partial charge in [0.1, 0.15) is 0 Å². The van der Waals surface area contributed by atoms with Gasteiger partial charge in [-0.15, -0.1) is 0 Å². The van der Waals surface area contributed by atoms with Crippen LogP contribution in [0.1, 0.15) is 47.2 Å². The molecule has 0 spiro atoms. The number of rotatable bonds is 5. The maximum atomic E-state index is 3.65. The molecule has 0 saturated carbocycles. The van der Waals surface area contributed by atoms with Gasteiger partial charge >= 0.3 is 0 Å². The minimum Gasteiger partial charge on any atom is -0.310 e. The van der Waals surface area contributed by atoms with Crippen molar-refractivity contribution in [1.29, 1.82) is 0 Å². The first-order valence-electron chi connectivity index (χ1n) is 7.64. The standard InChI is InChI=1S/C18H23NS/c1-3-19-18(17-12-20-11-13(17)2)10-14-7-8-15-5-4-6-16(15)9-14/h7-9,11-12,18-19H,3-6,10H2,1-2H3. The van der Waals surface area contributed by atoms with Gasteiger partial charge in [-0.05, 0) is 77.7 Å². The molecule has 1 aliphatic carbocycles. The van der Waals surface area contributed by atoms with Crippen LogP contribution in [-0.2, 0) is 19.3 Å². The molecule has 1 N–H and O–H groups in total. The molecule has 0 saturated heterocycles. The Morgan fingerprint density at radius 2 is 2.05 bits per heavy atom. The van der Waals surface area contributed by atoms with Gasteiger partial charge < -0.3 is 5.32 Å². The van der Waals surface area contributed by atoms with Crippen molar-refractivity contribution < 1.29 is 0 Å². The molecule has 1 unspecified atom stereocenters. The minimum atomic E-state index is 0.450. The van der Waals surface area contributed by atoms with E-state index in [1.165, 1.54) is 36.0 Å². The van der Waals surface area contributed by atoms with E-state index in [4.69, 9.17) is 0 Å². The molecule has 1 atom stereocenters. The molecule has 1 aromatic heterocycles. The fourth-order valence-electron chi connectivity index (χ4n) is 3.25. The van der Waals surface area contributed by atoms with Gasteiger partial charge in [-0.1, -0.05) is 25.1 Å². The summed E-state index contributed by atoms with van der Waals surface area (Å²) >= 11 is 1.81. The van der Waals surface area contributed by atoms with Crippen molar-refractivity contribution in [2.75, 3.05) is 6.54 Å². The van der Waals surface area contributed by atoms with Crippen molar-refractivity contribution >= 4 is 11.3 Å². The summed E-state index contributed by atoms with van der Waals surface area (Å²) in [5.74, 6) is 0. The number of fused-ring (bicyclic) bond motifs is 1. The monoisotopic (exact) mass is 285 g/mol. The van der Waals surface area contributed by atoms with Crippen LogP contribution in [-0.4, -0.2) is 6.54 Å². The number of likely N-dealkylation sites (N-methyl/N-ethyl adjacent to an activating group) is 1. The van der Waals surface area contributed by atoms with E-state index in [0.29, 0.717) is 6.04 Å². The quantitative estimate of drug-likeness (QED) is 0.856. The molecule has 2 heteroatoms. The Kier molecular flexibility index (Phi) is 4.23. The predicted molar refractivity (Wildman–Crippen MR) is 87.6 cm³/mol. The molecule has 0 bridgehead atoms. The lowest BCUT2D eigenvalue weighted by Gasteiger charge is -2.19. The van der Waals surface area contributed by atoms with E-state index >= 15 is 0 Å². The Balaban J connectivity index is 1.81. The first-order chi connectivity index (χ1) is 9.78. The number of hydrogen-bond donors (Lipinski definition) is 1. The van der Waals surface area contributed by atoms with Crippen LogP contribution in [0.15, 0.2) is 29.0 Å². The summed E-state index contributed by atoms with van der Waals surface area (Å²) in [6, 6.07) is 7.57. The van der Waals surface area contributed by atoms with Crippen molar-refractivity contribution in [3.63, 3.8) is 0 Å². The summed E-state index contributed by atoms with van der Waals surface area (Å²) in [6.07, 6.45) is 4.97. The van der Waals surface area contributed by atoms with E-state index in [-0.39, 0.29) is 0 Å². The van der Waals surface area contributed by atoms with Crippen molar-refractivity contribution in [3.05, 3.63) is 56.8 Å². The minimum absolute atomic E-state index is 0.450. The van der Waals surface area contributed by atoms with Crippen LogP contribution >= 0.6 is 11.3 Å². The number of thiophene rings is 1. The Hall–Kier alpha value is -1.12. The second kappa shape index (κ2) is 6.11. The van der Waals surface area contributed by atoms with Crippen molar-refractivity contribution in [3.8, 4) is 0 Å². The average molecular weight is 285 g/mol. The van der Waals surface area contributed by atoms with Crippen molar-refractivity contribution in [2.24, 2.45) is 0 Å². The summed E-state index contributed by atoms with van der Waals surface area (Å²) < 4.78 is 0. The fraction of sp³-hybridized carbons (Fsp3) is 0.444.